The van der Waals surface area contributed by atoms with Gasteiger partial charge in [0.25, 0.3) is 15.9 Å². The number of carbonyl (C=O) groups excluding carboxylic acids is 1. The van der Waals surface area contributed by atoms with E-state index in [1.807, 2.05) is 0 Å². The molecule has 0 fully saturated rings. The predicted molar refractivity (Wildman–Crippen MR) is 116 cm³/mol. The van der Waals surface area contributed by atoms with Crippen molar-refractivity contribution in [2.75, 3.05) is 11.3 Å². The summed E-state index contributed by atoms with van der Waals surface area (Å²) in [6.07, 6.45) is -3.28. The number of sulfonamides is 1. The number of pyridine rings is 1. The van der Waals surface area contributed by atoms with Gasteiger partial charge in [0, 0.05) is 23.9 Å². The third-order valence-electron chi connectivity index (χ3n) is 4.19. The lowest BCUT2D eigenvalue weighted by molar-refractivity contribution is -0.154. The minimum Gasteiger partial charge on any atom is -0.468 e. The van der Waals surface area contributed by atoms with E-state index in [-0.39, 0.29) is 39.2 Å². The number of nitrogens with one attached hydrogen (secondary N) is 2. The molecule has 0 bridgehead atoms. The molecule has 0 aliphatic carbocycles. The molecule has 2 aromatic carbocycles. The second kappa shape index (κ2) is 10.1. The number of rotatable bonds is 8. The zero-order valence-corrected chi connectivity index (χ0v) is 18.3. The van der Waals surface area contributed by atoms with Crippen LogP contribution >= 0.6 is 11.6 Å². The van der Waals surface area contributed by atoms with Crippen LogP contribution < -0.4 is 14.8 Å². The van der Waals surface area contributed by atoms with Crippen molar-refractivity contribution < 1.29 is 31.1 Å². The van der Waals surface area contributed by atoms with Crippen molar-refractivity contribution in [1.82, 2.24) is 10.3 Å². The normalized spacial score (nSPS) is 11.6. The molecule has 0 spiro atoms. The second-order valence-corrected chi connectivity index (χ2v) is 8.76. The summed E-state index contributed by atoms with van der Waals surface area (Å²) in [7, 11) is -4.04. The number of amides is 1. The van der Waals surface area contributed by atoms with Crippen molar-refractivity contribution in [3.05, 3.63) is 83.0 Å². The maximum absolute atomic E-state index is 12.7. The molecular weight excluding hydrogens is 483 g/mol. The van der Waals surface area contributed by atoms with Gasteiger partial charge in [0.1, 0.15) is 0 Å². The molecule has 12 heteroatoms. The molecule has 0 radical (unpaired) electrons. The standard InChI is InChI=1S/C21H17ClF3N3O4S/c22-17-8-1-2-9-18(17)28-33(30,31)16-7-3-5-14(11-16)19(29)27-12-15-6-4-10-26-20(15)32-13-21(23,24)25/h1-11,28H,12-13H2,(H,27,29). The Morgan fingerprint density at radius 1 is 1.06 bits per heavy atom. The highest BCUT2D eigenvalue weighted by molar-refractivity contribution is 7.92. The first-order chi connectivity index (χ1) is 15.5. The number of para-hydroxylation sites is 1. The van der Waals surface area contributed by atoms with Crippen LogP contribution in [0.3, 0.4) is 0 Å². The third kappa shape index (κ3) is 6.83. The number of alkyl halides is 3. The van der Waals surface area contributed by atoms with E-state index in [0.717, 1.165) is 0 Å². The summed E-state index contributed by atoms with van der Waals surface area (Å²) in [4.78, 5) is 16.1. The third-order valence-corrected chi connectivity index (χ3v) is 5.88. The number of hydrogen-bond acceptors (Lipinski definition) is 5. The van der Waals surface area contributed by atoms with E-state index in [0.29, 0.717) is 0 Å². The lowest BCUT2D eigenvalue weighted by atomic mass is 10.2. The van der Waals surface area contributed by atoms with E-state index in [4.69, 9.17) is 11.6 Å². The summed E-state index contributed by atoms with van der Waals surface area (Å²) < 4.78 is 69.7. The van der Waals surface area contributed by atoms with Crippen LogP contribution in [0.2, 0.25) is 5.02 Å². The molecule has 1 heterocycles. The Balaban J connectivity index is 1.71. The molecule has 0 aliphatic rings. The van der Waals surface area contributed by atoms with Crippen molar-refractivity contribution >= 4 is 33.2 Å². The van der Waals surface area contributed by atoms with Crippen molar-refractivity contribution in [3.8, 4) is 5.88 Å². The van der Waals surface area contributed by atoms with Crippen LogP contribution in [0, 0.1) is 0 Å². The number of carbonyl (C=O) groups is 1. The highest BCUT2D eigenvalue weighted by atomic mass is 35.5. The summed E-state index contributed by atoms with van der Waals surface area (Å²) in [5.74, 6) is -0.911. The Bertz CT molecular complexity index is 1250. The van der Waals surface area contributed by atoms with E-state index in [1.54, 1.807) is 12.1 Å². The molecule has 1 aromatic heterocycles. The molecule has 174 valence electrons. The maximum atomic E-state index is 12.7. The number of halogens is 4. The molecular formula is C21H17ClF3N3O4S. The minimum absolute atomic E-state index is 0.0266. The summed E-state index contributed by atoms with van der Waals surface area (Å²) in [5, 5.41) is 2.72. The van der Waals surface area contributed by atoms with E-state index < -0.39 is 28.7 Å². The number of anilines is 1. The summed E-state index contributed by atoms with van der Waals surface area (Å²) in [5.41, 5.74) is 0.426. The van der Waals surface area contributed by atoms with Gasteiger partial charge in [-0.25, -0.2) is 13.4 Å². The van der Waals surface area contributed by atoms with Crippen molar-refractivity contribution in [2.24, 2.45) is 0 Å². The van der Waals surface area contributed by atoms with Gasteiger partial charge in [-0.3, -0.25) is 9.52 Å². The van der Waals surface area contributed by atoms with E-state index in [1.165, 1.54) is 54.7 Å². The number of benzene rings is 2. The van der Waals surface area contributed by atoms with Crippen LogP contribution in [0.4, 0.5) is 18.9 Å². The molecule has 0 saturated heterocycles. The summed E-state index contributed by atoms with van der Waals surface area (Å²) in [6.45, 7) is -1.71. The van der Waals surface area contributed by atoms with Crippen molar-refractivity contribution in [1.29, 1.82) is 0 Å². The van der Waals surface area contributed by atoms with Gasteiger partial charge in [-0.15, -0.1) is 0 Å². The Labute approximate surface area is 192 Å². The smallest absolute Gasteiger partial charge is 0.422 e. The average molecular weight is 500 g/mol. The summed E-state index contributed by atoms with van der Waals surface area (Å²) >= 11 is 5.99. The molecule has 3 rings (SSSR count). The van der Waals surface area contributed by atoms with Gasteiger partial charge in [0.2, 0.25) is 5.88 Å². The molecule has 3 aromatic rings. The highest BCUT2D eigenvalue weighted by Crippen LogP contribution is 2.24. The second-order valence-electron chi connectivity index (χ2n) is 6.67. The molecule has 0 atom stereocenters. The van der Waals surface area contributed by atoms with Gasteiger partial charge in [0.15, 0.2) is 6.61 Å². The average Bonchev–Trinajstić information content (AvgIpc) is 2.77. The predicted octanol–water partition coefficient (Wildman–Crippen LogP) is 4.41. The van der Waals surface area contributed by atoms with Gasteiger partial charge >= 0.3 is 6.18 Å². The molecule has 2 N–H and O–H groups in total. The van der Waals surface area contributed by atoms with Gasteiger partial charge in [-0.2, -0.15) is 13.2 Å². The van der Waals surface area contributed by atoms with Gasteiger partial charge in [-0.1, -0.05) is 35.9 Å². The number of nitrogens with zero attached hydrogens (tertiary/aromatic N) is 1. The Morgan fingerprint density at radius 3 is 2.55 bits per heavy atom. The number of hydrogen-bond donors (Lipinski definition) is 2. The molecule has 0 saturated carbocycles. The summed E-state index contributed by atoms with van der Waals surface area (Å²) in [6, 6.07) is 14.5. The number of ether oxygens (including phenoxy) is 1. The molecule has 1 amide bonds. The maximum Gasteiger partial charge on any atom is 0.422 e. The van der Waals surface area contributed by atoms with Crippen LogP contribution in [-0.4, -0.2) is 32.1 Å². The molecule has 7 nitrogen and oxygen atoms in total. The molecule has 33 heavy (non-hydrogen) atoms. The SMILES string of the molecule is O=C(NCc1cccnc1OCC(F)(F)F)c1cccc(S(=O)(=O)Nc2ccccc2Cl)c1. The fraction of sp³-hybridized carbons (Fsp3) is 0.143. The number of aromatic nitrogens is 1. The van der Waals surface area contributed by atoms with Crippen molar-refractivity contribution in [2.45, 2.75) is 17.6 Å². The van der Waals surface area contributed by atoms with Crippen LogP contribution in [0.1, 0.15) is 15.9 Å². The monoisotopic (exact) mass is 499 g/mol. The molecule has 0 unspecified atom stereocenters. The fourth-order valence-corrected chi connectivity index (χ4v) is 4.03. The zero-order chi connectivity index (χ0) is 24.1. The largest absolute Gasteiger partial charge is 0.468 e. The van der Waals surface area contributed by atoms with Gasteiger partial charge in [0.05, 0.1) is 15.6 Å². The fourth-order valence-electron chi connectivity index (χ4n) is 2.67. The minimum atomic E-state index is -4.54. The zero-order valence-electron chi connectivity index (χ0n) is 16.8. The van der Waals surface area contributed by atoms with Crippen LogP contribution in [0.25, 0.3) is 0 Å². The van der Waals surface area contributed by atoms with Crippen LogP contribution in [0.5, 0.6) is 5.88 Å². The van der Waals surface area contributed by atoms with E-state index >= 15 is 0 Å². The Kier molecular flexibility index (Phi) is 7.44. The lowest BCUT2D eigenvalue weighted by Crippen LogP contribution is -2.25. The lowest BCUT2D eigenvalue weighted by Gasteiger charge is -2.13. The van der Waals surface area contributed by atoms with Gasteiger partial charge < -0.3 is 10.1 Å². The van der Waals surface area contributed by atoms with Crippen LogP contribution in [-0.2, 0) is 16.6 Å². The van der Waals surface area contributed by atoms with Gasteiger partial charge in [-0.05, 0) is 36.4 Å². The van der Waals surface area contributed by atoms with Crippen LogP contribution in [0.15, 0.2) is 71.8 Å². The Hall–Kier alpha value is -3.31. The first-order valence-corrected chi connectivity index (χ1v) is 11.2. The molecule has 0 aliphatic heterocycles. The first kappa shape index (κ1) is 24.3. The highest BCUT2D eigenvalue weighted by Gasteiger charge is 2.29. The Morgan fingerprint density at radius 2 is 1.82 bits per heavy atom. The quantitative estimate of drug-likeness (QED) is 0.478. The first-order valence-electron chi connectivity index (χ1n) is 9.34. The van der Waals surface area contributed by atoms with Crippen molar-refractivity contribution in [3.63, 3.8) is 0 Å². The topological polar surface area (TPSA) is 97.4 Å². The van der Waals surface area contributed by atoms with E-state index in [2.05, 4.69) is 19.8 Å². The van der Waals surface area contributed by atoms with E-state index in [9.17, 15) is 26.4 Å².